The molecule has 2 amide bonds. The van der Waals surface area contributed by atoms with E-state index in [9.17, 15) is 4.79 Å². The van der Waals surface area contributed by atoms with Crippen molar-refractivity contribution in [2.24, 2.45) is 0 Å². The zero-order valence-corrected chi connectivity index (χ0v) is 18.1. The van der Waals surface area contributed by atoms with Gasteiger partial charge in [-0.1, -0.05) is 35.1 Å². The average molecular weight is 437 g/mol. The summed E-state index contributed by atoms with van der Waals surface area (Å²) in [6.07, 6.45) is 0. The van der Waals surface area contributed by atoms with Crippen LogP contribution in [-0.2, 0) is 0 Å². The molecule has 1 heterocycles. The molecule has 0 spiro atoms. The number of thiazole rings is 1. The Kier molecular flexibility index (Phi) is 6.06. The summed E-state index contributed by atoms with van der Waals surface area (Å²) in [5.74, 6) is 0.681. The topological polar surface area (TPSA) is 75.3 Å². The molecule has 0 bridgehead atoms. The SMILES string of the molecule is COc1cccc(NC(=O)Nc2ccc3sc(NSc4ccc(C)cc4)nc3c2)c1. The van der Waals surface area contributed by atoms with Crippen LogP contribution in [0.25, 0.3) is 10.2 Å². The van der Waals surface area contributed by atoms with Crippen LogP contribution in [0.4, 0.5) is 21.3 Å². The first kappa shape index (κ1) is 20.1. The van der Waals surface area contributed by atoms with Crippen LogP contribution >= 0.6 is 23.3 Å². The van der Waals surface area contributed by atoms with Crippen molar-refractivity contribution in [2.45, 2.75) is 11.8 Å². The van der Waals surface area contributed by atoms with Crippen LogP contribution in [0.15, 0.2) is 71.6 Å². The fraction of sp³-hybridized carbons (Fsp3) is 0.0909. The first-order chi connectivity index (χ1) is 14.6. The van der Waals surface area contributed by atoms with E-state index in [-0.39, 0.29) is 6.03 Å². The molecule has 3 N–H and O–H groups in total. The van der Waals surface area contributed by atoms with Crippen LogP contribution < -0.4 is 20.1 Å². The maximum atomic E-state index is 12.3. The maximum absolute atomic E-state index is 12.3. The predicted molar refractivity (Wildman–Crippen MR) is 126 cm³/mol. The van der Waals surface area contributed by atoms with Crippen LogP contribution in [0.5, 0.6) is 5.75 Å². The van der Waals surface area contributed by atoms with Gasteiger partial charge in [0.15, 0.2) is 5.13 Å². The Labute approximate surface area is 182 Å². The average Bonchev–Trinajstić information content (AvgIpc) is 3.15. The number of nitrogens with zero attached hydrogens (tertiary/aromatic N) is 1. The van der Waals surface area contributed by atoms with Gasteiger partial charge in [-0.05, 0) is 61.3 Å². The number of ether oxygens (including phenoxy) is 1. The first-order valence-corrected chi connectivity index (χ1v) is 10.8. The lowest BCUT2D eigenvalue weighted by atomic mass is 10.2. The summed E-state index contributed by atoms with van der Waals surface area (Å²) in [4.78, 5) is 18.0. The lowest BCUT2D eigenvalue weighted by molar-refractivity contribution is 0.262. The second-order valence-corrected chi connectivity index (χ2v) is 8.44. The van der Waals surface area contributed by atoms with Gasteiger partial charge in [0, 0.05) is 22.3 Å². The predicted octanol–water partition coefficient (Wildman–Crippen LogP) is 6.38. The third kappa shape index (κ3) is 5.03. The van der Waals surface area contributed by atoms with Crippen molar-refractivity contribution in [1.29, 1.82) is 0 Å². The van der Waals surface area contributed by atoms with Crippen LogP contribution in [0, 0.1) is 6.92 Å². The second kappa shape index (κ2) is 9.06. The highest BCUT2D eigenvalue weighted by Gasteiger charge is 2.08. The van der Waals surface area contributed by atoms with Gasteiger partial charge in [0.25, 0.3) is 0 Å². The largest absolute Gasteiger partial charge is 0.497 e. The molecule has 0 saturated carbocycles. The van der Waals surface area contributed by atoms with Crippen molar-refractivity contribution >= 4 is 56.0 Å². The molecule has 0 aliphatic heterocycles. The lowest BCUT2D eigenvalue weighted by Gasteiger charge is -2.08. The standard InChI is InChI=1S/C22H20N4O2S2/c1-14-6-9-18(10-7-14)30-26-22-25-19-13-16(8-11-20(19)29-22)24-21(27)23-15-4-3-5-17(12-15)28-2/h3-13H,1-2H3,(H,25,26)(H2,23,24,27). The minimum absolute atomic E-state index is 0.328. The number of anilines is 3. The second-order valence-electron chi connectivity index (χ2n) is 6.53. The van der Waals surface area contributed by atoms with E-state index in [0.29, 0.717) is 17.1 Å². The van der Waals surface area contributed by atoms with Gasteiger partial charge in [0.1, 0.15) is 5.75 Å². The van der Waals surface area contributed by atoms with Crippen molar-refractivity contribution in [3.63, 3.8) is 0 Å². The van der Waals surface area contributed by atoms with Crippen LogP contribution in [0.2, 0.25) is 0 Å². The van der Waals surface area contributed by atoms with E-state index in [0.717, 1.165) is 20.2 Å². The van der Waals surface area contributed by atoms with E-state index < -0.39 is 0 Å². The zero-order valence-electron chi connectivity index (χ0n) is 16.4. The van der Waals surface area contributed by atoms with Crippen LogP contribution in [0.3, 0.4) is 0 Å². The number of benzene rings is 3. The van der Waals surface area contributed by atoms with Gasteiger partial charge >= 0.3 is 6.03 Å². The lowest BCUT2D eigenvalue weighted by Crippen LogP contribution is -2.19. The highest BCUT2D eigenvalue weighted by atomic mass is 32.2. The van der Waals surface area contributed by atoms with Crippen molar-refractivity contribution in [2.75, 3.05) is 22.5 Å². The summed E-state index contributed by atoms with van der Waals surface area (Å²) in [6, 6.07) is 20.9. The smallest absolute Gasteiger partial charge is 0.323 e. The Balaban J connectivity index is 1.40. The normalized spacial score (nSPS) is 10.6. The minimum Gasteiger partial charge on any atom is -0.497 e. The molecular weight excluding hydrogens is 416 g/mol. The molecule has 8 heteroatoms. The minimum atomic E-state index is -0.328. The molecule has 4 rings (SSSR count). The molecule has 1 aromatic heterocycles. The Morgan fingerprint density at radius 1 is 1.00 bits per heavy atom. The number of aryl methyl sites for hydroxylation is 1. The highest BCUT2D eigenvalue weighted by Crippen LogP contribution is 2.31. The third-order valence-corrected chi connectivity index (χ3v) is 6.13. The molecule has 3 aromatic carbocycles. The van der Waals surface area contributed by atoms with Crippen LogP contribution in [-0.4, -0.2) is 18.1 Å². The Morgan fingerprint density at radius 3 is 2.53 bits per heavy atom. The van der Waals surface area contributed by atoms with Gasteiger partial charge < -0.3 is 20.1 Å². The van der Waals surface area contributed by atoms with E-state index in [1.807, 2.05) is 30.3 Å². The number of aromatic nitrogens is 1. The molecule has 6 nitrogen and oxygen atoms in total. The summed E-state index contributed by atoms with van der Waals surface area (Å²) in [5, 5.41) is 6.45. The van der Waals surface area contributed by atoms with Crippen molar-refractivity contribution in [3.8, 4) is 5.75 Å². The number of fused-ring (bicyclic) bond motifs is 1. The van der Waals surface area contributed by atoms with Gasteiger partial charge in [-0.2, -0.15) is 0 Å². The zero-order chi connectivity index (χ0) is 20.9. The summed E-state index contributed by atoms with van der Waals surface area (Å²) in [5.41, 5.74) is 3.38. The van der Waals surface area contributed by atoms with Gasteiger partial charge in [-0.25, -0.2) is 9.78 Å². The number of rotatable bonds is 6. The molecule has 152 valence electrons. The monoisotopic (exact) mass is 436 g/mol. The number of hydrogen-bond donors (Lipinski definition) is 3. The van der Waals surface area contributed by atoms with E-state index in [4.69, 9.17) is 4.74 Å². The summed E-state index contributed by atoms with van der Waals surface area (Å²) >= 11 is 3.09. The Morgan fingerprint density at radius 2 is 1.77 bits per heavy atom. The Hall–Kier alpha value is -3.23. The number of urea groups is 1. The molecule has 30 heavy (non-hydrogen) atoms. The van der Waals surface area contributed by atoms with E-state index >= 15 is 0 Å². The molecule has 0 atom stereocenters. The molecule has 0 unspecified atom stereocenters. The third-order valence-electron chi connectivity index (χ3n) is 4.25. The molecule has 0 fully saturated rings. The number of nitrogens with one attached hydrogen (secondary N) is 3. The van der Waals surface area contributed by atoms with E-state index in [1.165, 1.54) is 17.5 Å². The summed E-state index contributed by atoms with van der Waals surface area (Å²) in [7, 11) is 1.59. The number of hydrogen-bond acceptors (Lipinski definition) is 6. The number of amides is 2. The van der Waals surface area contributed by atoms with Gasteiger partial charge in [0.2, 0.25) is 0 Å². The van der Waals surface area contributed by atoms with Crippen molar-refractivity contribution in [1.82, 2.24) is 4.98 Å². The van der Waals surface area contributed by atoms with E-state index in [2.05, 4.69) is 51.5 Å². The summed E-state index contributed by atoms with van der Waals surface area (Å²) < 4.78 is 9.50. The highest BCUT2D eigenvalue weighted by molar-refractivity contribution is 8.00. The fourth-order valence-electron chi connectivity index (χ4n) is 2.75. The molecular formula is C22H20N4O2S2. The maximum Gasteiger partial charge on any atom is 0.323 e. The number of carbonyl (C=O) groups is 1. The molecule has 4 aromatic rings. The van der Waals surface area contributed by atoms with Crippen molar-refractivity contribution in [3.05, 3.63) is 72.3 Å². The molecule has 0 aliphatic rings. The molecule has 0 saturated heterocycles. The quantitative estimate of drug-likeness (QED) is 0.306. The van der Waals surface area contributed by atoms with Gasteiger partial charge in [-0.3, -0.25) is 0 Å². The van der Waals surface area contributed by atoms with Crippen LogP contribution in [0.1, 0.15) is 5.56 Å². The summed E-state index contributed by atoms with van der Waals surface area (Å²) in [6.45, 7) is 2.07. The first-order valence-electron chi connectivity index (χ1n) is 9.21. The molecule has 0 aliphatic carbocycles. The van der Waals surface area contributed by atoms with Gasteiger partial charge in [-0.15, -0.1) is 0 Å². The Bertz CT molecular complexity index is 1180. The molecule has 0 radical (unpaired) electrons. The van der Waals surface area contributed by atoms with E-state index in [1.54, 1.807) is 30.6 Å². The van der Waals surface area contributed by atoms with Crippen molar-refractivity contribution < 1.29 is 9.53 Å². The fourth-order valence-corrected chi connectivity index (χ4v) is 4.26. The number of carbonyl (C=O) groups excluding carboxylic acids is 1. The van der Waals surface area contributed by atoms with Gasteiger partial charge in [0.05, 0.1) is 17.3 Å². The number of methoxy groups -OCH3 is 1.